The maximum atomic E-state index is 11.9. The zero-order chi connectivity index (χ0) is 14.3. The van der Waals surface area contributed by atoms with Gasteiger partial charge in [-0.1, -0.05) is 11.6 Å². The Bertz CT molecular complexity index is 419. The summed E-state index contributed by atoms with van der Waals surface area (Å²) < 4.78 is 10.6. The first-order valence-electron chi connectivity index (χ1n) is 6.08. The van der Waals surface area contributed by atoms with Crippen LogP contribution in [-0.2, 0) is 9.47 Å². The molecule has 1 aromatic carbocycles. The van der Waals surface area contributed by atoms with E-state index in [9.17, 15) is 9.90 Å². The number of hydrogen-bond acceptors (Lipinski definition) is 4. The summed E-state index contributed by atoms with van der Waals surface area (Å²) in [7, 11) is 0. The fourth-order valence-electron chi connectivity index (χ4n) is 1.50. The van der Waals surface area contributed by atoms with E-state index >= 15 is 0 Å². The lowest BCUT2D eigenvalue weighted by atomic mass is 10.2. The molecule has 0 aromatic heterocycles. The summed E-state index contributed by atoms with van der Waals surface area (Å²) >= 11 is 5.89. The summed E-state index contributed by atoms with van der Waals surface area (Å²) in [5.41, 5.74) is 0.216. The number of phenolic OH excluding ortho intramolecular Hbond substituents is 1. The standard InChI is InChI=1S/C13H18ClNO4/c1-3-18-12(19-4-2)8-15-13(17)10-7-9(16)5-6-11(10)14/h5-7,12,16H,3-4,8H2,1-2H3,(H,15,17). The summed E-state index contributed by atoms with van der Waals surface area (Å²) in [4.78, 5) is 11.9. The van der Waals surface area contributed by atoms with E-state index in [1.165, 1.54) is 18.2 Å². The second-order valence-electron chi connectivity index (χ2n) is 3.71. The van der Waals surface area contributed by atoms with Gasteiger partial charge < -0.3 is 19.9 Å². The number of amides is 1. The largest absolute Gasteiger partial charge is 0.508 e. The molecule has 2 N–H and O–H groups in total. The lowest BCUT2D eigenvalue weighted by molar-refractivity contribution is -0.131. The first-order chi connectivity index (χ1) is 9.08. The molecule has 0 radical (unpaired) electrons. The maximum Gasteiger partial charge on any atom is 0.253 e. The number of hydrogen-bond donors (Lipinski definition) is 2. The Morgan fingerprint density at radius 1 is 1.37 bits per heavy atom. The number of carbonyl (C=O) groups excluding carboxylic acids is 1. The fraction of sp³-hybridized carbons (Fsp3) is 0.462. The lowest BCUT2D eigenvalue weighted by Gasteiger charge is -2.17. The highest BCUT2D eigenvalue weighted by molar-refractivity contribution is 6.33. The second kappa shape index (κ2) is 7.99. The number of nitrogens with one attached hydrogen (secondary N) is 1. The van der Waals surface area contributed by atoms with Crippen molar-refractivity contribution in [2.75, 3.05) is 19.8 Å². The van der Waals surface area contributed by atoms with Gasteiger partial charge in [0.05, 0.1) is 17.1 Å². The van der Waals surface area contributed by atoms with Crippen LogP contribution in [-0.4, -0.2) is 37.1 Å². The van der Waals surface area contributed by atoms with Gasteiger partial charge in [-0.15, -0.1) is 0 Å². The number of benzene rings is 1. The molecular weight excluding hydrogens is 270 g/mol. The van der Waals surface area contributed by atoms with Crippen molar-refractivity contribution >= 4 is 17.5 Å². The second-order valence-corrected chi connectivity index (χ2v) is 4.12. The van der Waals surface area contributed by atoms with Crippen molar-refractivity contribution in [3.05, 3.63) is 28.8 Å². The van der Waals surface area contributed by atoms with Crippen LogP contribution < -0.4 is 5.32 Å². The van der Waals surface area contributed by atoms with E-state index in [2.05, 4.69) is 5.32 Å². The smallest absolute Gasteiger partial charge is 0.253 e. The van der Waals surface area contributed by atoms with Gasteiger partial charge in [0.25, 0.3) is 5.91 Å². The molecule has 1 amide bonds. The van der Waals surface area contributed by atoms with Crippen molar-refractivity contribution in [3.63, 3.8) is 0 Å². The molecule has 19 heavy (non-hydrogen) atoms. The Hall–Kier alpha value is -1.30. The first kappa shape index (κ1) is 15.8. The number of phenols is 1. The van der Waals surface area contributed by atoms with E-state index < -0.39 is 6.29 Å². The molecule has 0 aliphatic heterocycles. The van der Waals surface area contributed by atoms with Gasteiger partial charge in [-0.3, -0.25) is 4.79 Å². The van der Waals surface area contributed by atoms with Crippen LogP contribution in [0.1, 0.15) is 24.2 Å². The number of carbonyl (C=O) groups is 1. The molecule has 0 unspecified atom stereocenters. The van der Waals surface area contributed by atoms with Gasteiger partial charge in [0, 0.05) is 13.2 Å². The van der Waals surface area contributed by atoms with Crippen molar-refractivity contribution in [3.8, 4) is 5.75 Å². The highest BCUT2D eigenvalue weighted by Gasteiger charge is 2.14. The molecule has 0 aliphatic carbocycles. The molecule has 0 fully saturated rings. The molecule has 0 atom stereocenters. The third-order valence-electron chi connectivity index (χ3n) is 2.33. The Morgan fingerprint density at radius 2 is 2.00 bits per heavy atom. The van der Waals surface area contributed by atoms with Gasteiger partial charge in [-0.05, 0) is 32.0 Å². The van der Waals surface area contributed by atoms with Gasteiger partial charge in [0.1, 0.15) is 5.75 Å². The molecule has 0 saturated carbocycles. The third kappa shape index (κ3) is 5.06. The summed E-state index contributed by atoms with van der Waals surface area (Å²) in [6.45, 7) is 4.90. The van der Waals surface area contributed by atoms with Crippen LogP contribution in [0.2, 0.25) is 5.02 Å². The van der Waals surface area contributed by atoms with E-state index in [-0.39, 0.29) is 28.8 Å². The van der Waals surface area contributed by atoms with Crippen LogP contribution in [0.15, 0.2) is 18.2 Å². The zero-order valence-electron chi connectivity index (χ0n) is 11.0. The molecule has 0 saturated heterocycles. The van der Waals surface area contributed by atoms with Crippen molar-refractivity contribution in [2.24, 2.45) is 0 Å². The average Bonchev–Trinajstić information content (AvgIpc) is 2.39. The van der Waals surface area contributed by atoms with E-state index in [4.69, 9.17) is 21.1 Å². The van der Waals surface area contributed by atoms with E-state index in [1.54, 1.807) is 0 Å². The molecule has 106 valence electrons. The van der Waals surface area contributed by atoms with Crippen molar-refractivity contribution in [1.29, 1.82) is 0 Å². The van der Waals surface area contributed by atoms with Crippen LogP contribution >= 0.6 is 11.6 Å². The minimum atomic E-state index is -0.491. The minimum Gasteiger partial charge on any atom is -0.508 e. The normalized spacial score (nSPS) is 10.7. The molecular formula is C13H18ClNO4. The van der Waals surface area contributed by atoms with Gasteiger partial charge in [0.15, 0.2) is 6.29 Å². The molecule has 0 aliphatic rings. The first-order valence-corrected chi connectivity index (χ1v) is 6.46. The number of ether oxygens (including phenoxy) is 2. The lowest BCUT2D eigenvalue weighted by Crippen LogP contribution is -2.35. The summed E-state index contributed by atoms with van der Waals surface area (Å²) in [5.74, 6) is -0.397. The van der Waals surface area contributed by atoms with E-state index in [0.717, 1.165) is 0 Å². The number of aromatic hydroxyl groups is 1. The molecule has 0 bridgehead atoms. The predicted octanol–water partition coefficient (Wildman–Crippen LogP) is 2.17. The molecule has 0 spiro atoms. The quantitative estimate of drug-likeness (QED) is 0.754. The fourth-order valence-corrected chi connectivity index (χ4v) is 1.70. The highest BCUT2D eigenvalue weighted by Crippen LogP contribution is 2.20. The molecule has 1 aromatic rings. The summed E-state index contributed by atoms with van der Waals surface area (Å²) in [6.07, 6.45) is -0.491. The predicted molar refractivity (Wildman–Crippen MR) is 72.5 cm³/mol. The highest BCUT2D eigenvalue weighted by atomic mass is 35.5. The van der Waals surface area contributed by atoms with Gasteiger partial charge in [0.2, 0.25) is 0 Å². The Morgan fingerprint density at radius 3 is 2.58 bits per heavy atom. The minimum absolute atomic E-state index is 0.0132. The third-order valence-corrected chi connectivity index (χ3v) is 2.66. The Balaban J connectivity index is 2.61. The van der Waals surface area contributed by atoms with Gasteiger partial charge >= 0.3 is 0 Å². The Labute approximate surface area is 117 Å². The van der Waals surface area contributed by atoms with Gasteiger partial charge in [-0.25, -0.2) is 0 Å². The Kier molecular flexibility index (Phi) is 6.62. The molecule has 6 heteroatoms. The van der Waals surface area contributed by atoms with Crippen LogP contribution in [0.5, 0.6) is 5.75 Å². The van der Waals surface area contributed by atoms with Crippen molar-refractivity contribution in [2.45, 2.75) is 20.1 Å². The van der Waals surface area contributed by atoms with Crippen LogP contribution in [0.25, 0.3) is 0 Å². The van der Waals surface area contributed by atoms with Crippen LogP contribution in [0.3, 0.4) is 0 Å². The molecule has 5 nitrogen and oxygen atoms in total. The van der Waals surface area contributed by atoms with Crippen molar-refractivity contribution < 1.29 is 19.4 Å². The molecule has 0 heterocycles. The number of halogens is 1. The number of rotatable bonds is 7. The monoisotopic (exact) mass is 287 g/mol. The SMILES string of the molecule is CCOC(CNC(=O)c1cc(O)ccc1Cl)OCC. The van der Waals surface area contributed by atoms with Gasteiger partial charge in [-0.2, -0.15) is 0 Å². The topological polar surface area (TPSA) is 67.8 Å². The zero-order valence-corrected chi connectivity index (χ0v) is 11.7. The average molecular weight is 288 g/mol. The molecule has 1 rings (SSSR count). The van der Waals surface area contributed by atoms with E-state index in [1.807, 2.05) is 13.8 Å². The van der Waals surface area contributed by atoms with Crippen LogP contribution in [0, 0.1) is 0 Å². The summed E-state index contributed by atoms with van der Waals surface area (Å²) in [6, 6.07) is 4.20. The maximum absolute atomic E-state index is 11.9. The van der Waals surface area contributed by atoms with Crippen molar-refractivity contribution in [1.82, 2.24) is 5.32 Å². The summed E-state index contributed by atoms with van der Waals surface area (Å²) in [5, 5.41) is 12.3. The van der Waals surface area contributed by atoms with E-state index in [0.29, 0.717) is 13.2 Å². The van der Waals surface area contributed by atoms with Crippen LogP contribution in [0.4, 0.5) is 0 Å².